The number of carbonyl (C=O) groups is 1. The third-order valence-corrected chi connectivity index (χ3v) is 3.30. The predicted octanol–water partition coefficient (Wildman–Crippen LogP) is 1.44. The molecule has 1 aliphatic rings. The Morgan fingerprint density at radius 2 is 1.90 bits per heavy atom. The van der Waals surface area contributed by atoms with Crippen molar-refractivity contribution in [2.24, 2.45) is 0 Å². The van der Waals surface area contributed by atoms with E-state index >= 15 is 0 Å². The zero-order valence-corrected chi connectivity index (χ0v) is 13.4. The first-order valence-electron chi connectivity index (χ1n) is 7.40. The third kappa shape index (κ3) is 5.47. The van der Waals surface area contributed by atoms with Crippen LogP contribution in [0.5, 0.6) is 0 Å². The van der Waals surface area contributed by atoms with Crippen LogP contribution in [0.4, 0.5) is 0 Å². The molecule has 1 aliphatic heterocycles. The number of carbonyl (C=O) groups excluding carboxylic acids is 1. The van der Waals surface area contributed by atoms with Gasteiger partial charge in [0.25, 0.3) is 0 Å². The van der Waals surface area contributed by atoms with Gasteiger partial charge in [-0.2, -0.15) is 0 Å². The molecule has 0 unspecified atom stereocenters. The zero-order chi connectivity index (χ0) is 15.5. The second-order valence-corrected chi connectivity index (χ2v) is 6.57. The van der Waals surface area contributed by atoms with Gasteiger partial charge in [-0.1, -0.05) is 5.16 Å². The van der Waals surface area contributed by atoms with E-state index in [4.69, 9.17) is 9.26 Å². The van der Waals surface area contributed by atoms with Gasteiger partial charge < -0.3 is 9.26 Å². The van der Waals surface area contributed by atoms with Gasteiger partial charge in [-0.15, -0.1) is 0 Å². The average Bonchev–Trinajstić information content (AvgIpc) is 2.75. The molecule has 0 radical (unpaired) electrons. The molecule has 0 N–H and O–H groups in total. The molecule has 0 saturated carbocycles. The monoisotopic (exact) mass is 295 g/mol. The molecule has 1 aromatic heterocycles. The second-order valence-electron chi connectivity index (χ2n) is 6.57. The molecule has 0 aliphatic carbocycles. The number of hydrogen-bond acceptors (Lipinski definition) is 6. The first-order chi connectivity index (χ1) is 9.82. The number of piperazine rings is 1. The molecule has 1 saturated heterocycles. The van der Waals surface area contributed by atoms with Crippen molar-refractivity contribution < 1.29 is 14.1 Å². The minimum absolute atomic E-state index is 0.150. The highest BCUT2D eigenvalue weighted by Gasteiger charge is 2.22. The molecule has 0 amide bonds. The van der Waals surface area contributed by atoms with Gasteiger partial charge in [0.1, 0.15) is 11.4 Å². The molecule has 1 aromatic rings. The van der Waals surface area contributed by atoms with E-state index in [1.54, 1.807) is 0 Å². The summed E-state index contributed by atoms with van der Waals surface area (Å²) in [5.74, 6) is 0.691. The Hall–Kier alpha value is -1.40. The number of nitrogens with zero attached hydrogens (tertiary/aromatic N) is 3. The lowest BCUT2D eigenvalue weighted by Crippen LogP contribution is -2.48. The molecular formula is C15H25N3O3. The van der Waals surface area contributed by atoms with Crippen LogP contribution >= 0.6 is 0 Å². The van der Waals surface area contributed by atoms with Crippen molar-refractivity contribution in [2.75, 3.05) is 32.7 Å². The second kappa shape index (κ2) is 6.58. The van der Waals surface area contributed by atoms with Gasteiger partial charge in [-0.3, -0.25) is 14.6 Å². The van der Waals surface area contributed by atoms with Gasteiger partial charge in [0.05, 0.1) is 12.2 Å². The van der Waals surface area contributed by atoms with Crippen LogP contribution in [0.3, 0.4) is 0 Å². The summed E-state index contributed by atoms with van der Waals surface area (Å²) in [5, 5.41) is 4.01. The number of esters is 1. The van der Waals surface area contributed by atoms with Crippen LogP contribution < -0.4 is 0 Å². The molecule has 2 rings (SSSR count). The van der Waals surface area contributed by atoms with Crippen molar-refractivity contribution in [1.29, 1.82) is 0 Å². The molecule has 6 heteroatoms. The summed E-state index contributed by atoms with van der Waals surface area (Å²) in [4.78, 5) is 16.3. The van der Waals surface area contributed by atoms with E-state index in [1.165, 1.54) is 0 Å². The lowest BCUT2D eigenvalue weighted by Gasteiger charge is -2.34. The number of hydrogen-bond donors (Lipinski definition) is 0. The molecule has 118 valence electrons. The molecule has 1 fully saturated rings. The fourth-order valence-electron chi connectivity index (χ4n) is 2.38. The van der Waals surface area contributed by atoms with Gasteiger partial charge >= 0.3 is 5.97 Å². The Kier molecular flexibility index (Phi) is 5.00. The van der Waals surface area contributed by atoms with Crippen LogP contribution in [0.2, 0.25) is 0 Å². The van der Waals surface area contributed by atoms with E-state index < -0.39 is 5.60 Å². The first kappa shape index (κ1) is 16.0. The highest BCUT2D eigenvalue weighted by Crippen LogP contribution is 2.11. The number of rotatable bonds is 4. The summed E-state index contributed by atoms with van der Waals surface area (Å²) in [7, 11) is 0. The topological polar surface area (TPSA) is 58.8 Å². The van der Waals surface area contributed by atoms with Crippen molar-refractivity contribution in [3.05, 3.63) is 17.5 Å². The van der Waals surface area contributed by atoms with Crippen LogP contribution in [0.15, 0.2) is 10.6 Å². The molecule has 0 atom stereocenters. The summed E-state index contributed by atoms with van der Waals surface area (Å²) in [5.41, 5.74) is 0.553. The van der Waals surface area contributed by atoms with E-state index in [0.717, 1.165) is 44.2 Å². The number of aromatic nitrogens is 1. The van der Waals surface area contributed by atoms with Gasteiger partial charge in [-0.25, -0.2) is 0 Å². The van der Waals surface area contributed by atoms with E-state index in [2.05, 4.69) is 15.0 Å². The summed E-state index contributed by atoms with van der Waals surface area (Å²) < 4.78 is 10.4. The fraction of sp³-hybridized carbons (Fsp3) is 0.733. The summed E-state index contributed by atoms with van der Waals surface area (Å²) in [6.45, 7) is 12.3. The summed E-state index contributed by atoms with van der Waals surface area (Å²) >= 11 is 0. The molecular weight excluding hydrogens is 270 g/mol. The van der Waals surface area contributed by atoms with E-state index in [-0.39, 0.29) is 5.97 Å². The van der Waals surface area contributed by atoms with E-state index in [9.17, 15) is 4.79 Å². The Balaban J connectivity index is 1.72. The number of ether oxygens (including phenoxy) is 1. The van der Waals surface area contributed by atoms with Crippen LogP contribution in [0, 0.1) is 6.92 Å². The molecule has 6 nitrogen and oxygen atoms in total. The highest BCUT2D eigenvalue weighted by atomic mass is 16.6. The Morgan fingerprint density at radius 3 is 2.43 bits per heavy atom. The fourth-order valence-corrected chi connectivity index (χ4v) is 2.38. The zero-order valence-electron chi connectivity index (χ0n) is 13.4. The molecule has 0 aromatic carbocycles. The van der Waals surface area contributed by atoms with Crippen LogP contribution in [-0.2, 0) is 16.1 Å². The molecule has 0 spiro atoms. The highest BCUT2D eigenvalue weighted by molar-refractivity contribution is 5.72. The average molecular weight is 295 g/mol. The van der Waals surface area contributed by atoms with Gasteiger partial charge in [0.15, 0.2) is 0 Å². The van der Waals surface area contributed by atoms with Crippen molar-refractivity contribution in [3.63, 3.8) is 0 Å². The SMILES string of the molecule is Cc1cc(CN2CCN(CC(=O)OC(C)(C)C)CC2)no1. The van der Waals surface area contributed by atoms with E-state index in [0.29, 0.717) is 6.54 Å². The Labute approximate surface area is 126 Å². The minimum Gasteiger partial charge on any atom is -0.459 e. The Bertz CT molecular complexity index is 471. The van der Waals surface area contributed by atoms with Gasteiger partial charge in [-0.05, 0) is 27.7 Å². The predicted molar refractivity (Wildman–Crippen MR) is 78.8 cm³/mol. The largest absolute Gasteiger partial charge is 0.459 e. The van der Waals surface area contributed by atoms with Crippen LogP contribution in [-0.4, -0.2) is 59.3 Å². The standard InChI is InChI=1S/C15H25N3O3/c1-12-9-13(16-21-12)10-17-5-7-18(8-6-17)11-14(19)20-15(2,3)4/h9H,5-8,10-11H2,1-4H3. The van der Waals surface area contributed by atoms with Crippen molar-refractivity contribution >= 4 is 5.97 Å². The summed E-state index contributed by atoms with van der Waals surface area (Å²) in [6, 6.07) is 1.97. The van der Waals surface area contributed by atoms with Crippen LogP contribution in [0.25, 0.3) is 0 Å². The maximum Gasteiger partial charge on any atom is 0.320 e. The maximum atomic E-state index is 11.8. The van der Waals surface area contributed by atoms with Crippen molar-refractivity contribution in [3.8, 4) is 0 Å². The quantitative estimate of drug-likeness (QED) is 0.784. The van der Waals surface area contributed by atoms with Crippen LogP contribution in [0.1, 0.15) is 32.2 Å². The van der Waals surface area contributed by atoms with E-state index in [1.807, 2.05) is 33.8 Å². The smallest absolute Gasteiger partial charge is 0.320 e. The first-order valence-corrected chi connectivity index (χ1v) is 7.40. The molecule has 21 heavy (non-hydrogen) atoms. The van der Waals surface area contributed by atoms with Gasteiger partial charge in [0, 0.05) is 38.8 Å². The molecule has 2 heterocycles. The Morgan fingerprint density at radius 1 is 1.29 bits per heavy atom. The third-order valence-electron chi connectivity index (χ3n) is 3.30. The summed E-state index contributed by atoms with van der Waals surface area (Å²) in [6.07, 6.45) is 0. The maximum absolute atomic E-state index is 11.8. The lowest BCUT2D eigenvalue weighted by molar-refractivity contribution is -0.156. The van der Waals surface area contributed by atoms with Crippen molar-refractivity contribution in [2.45, 2.75) is 39.8 Å². The number of aryl methyl sites for hydroxylation is 1. The normalized spacial score (nSPS) is 17.9. The molecule has 0 bridgehead atoms. The van der Waals surface area contributed by atoms with Crippen molar-refractivity contribution in [1.82, 2.24) is 15.0 Å². The lowest BCUT2D eigenvalue weighted by atomic mass is 10.2. The van der Waals surface area contributed by atoms with Gasteiger partial charge in [0.2, 0.25) is 0 Å². The minimum atomic E-state index is -0.413.